The van der Waals surface area contributed by atoms with Crippen molar-refractivity contribution >= 4 is 0 Å². The Morgan fingerprint density at radius 1 is 0.477 bits per heavy atom. The second-order valence-electron chi connectivity index (χ2n) is 11.4. The van der Waals surface area contributed by atoms with Gasteiger partial charge in [-0.3, -0.25) is 0 Å². The molecule has 3 aromatic carbocycles. The van der Waals surface area contributed by atoms with Gasteiger partial charge in [-0.2, -0.15) is 0 Å². The van der Waals surface area contributed by atoms with Crippen molar-refractivity contribution < 1.29 is 13.9 Å². The molecule has 1 aromatic heterocycles. The van der Waals surface area contributed by atoms with Gasteiger partial charge in [0.15, 0.2) is 0 Å². The SMILES string of the molecule is CCCCCCCCCCOc1ccc(-c2nnc(-c3ccc(C#Cc4ccc(OCCCCCCC)cc4)cc3)o2)cc1. The molecule has 0 saturated carbocycles. The number of nitrogens with zero attached hydrogens (tertiary/aromatic N) is 2. The summed E-state index contributed by atoms with van der Waals surface area (Å²) in [6, 6.07) is 23.7. The Morgan fingerprint density at radius 3 is 1.30 bits per heavy atom. The third-order valence-electron chi connectivity index (χ3n) is 7.65. The minimum atomic E-state index is 0.482. The Hall–Kier alpha value is -4.04. The Balaban J connectivity index is 1.20. The van der Waals surface area contributed by atoms with Crippen LogP contribution in [0.25, 0.3) is 22.9 Å². The number of ether oxygens (including phenoxy) is 2. The fourth-order valence-corrected chi connectivity index (χ4v) is 4.95. The summed E-state index contributed by atoms with van der Waals surface area (Å²) in [6.45, 7) is 6.01. The third-order valence-corrected chi connectivity index (χ3v) is 7.65. The lowest BCUT2D eigenvalue weighted by Gasteiger charge is -2.06. The average molecular weight is 593 g/mol. The van der Waals surface area contributed by atoms with Gasteiger partial charge in [-0.25, -0.2) is 0 Å². The van der Waals surface area contributed by atoms with Gasteiger partial charge < -0.3 is 13.9 Å². The van der Waals surface area contributed by atoms with Crippen LogP contribution in [0.3, 0.4) is 0 Å². The number of rotatable bonds is 19. The van der Waals surface area contributed by atoms with E-state index in [1.807, 2.05) is 72.8 Å². The number of aromatic nitrogens is 2. The lowest BCUT2D eigenvalue weighted by Crippen LogP contribution is -1.97. The Morgan fingerprint density at radius 2 is 0.841 bits per heavy atom. The topological polar surface area (TPSA) is 57.4 Å². The van der Waals surface area contributed by atoms with Crippen LogP contribution in [-0.4, -0.2) is 23.4 Å². The van der Waals surface area contributed by atoms with Crippen molar-refractivity contribution in [1.82, 2.24) is 10.2 Å². The van der Waals surface area contributed by atoms with Gasteiger partial charge in [0.05, 0.1) is 13.2 Å². The summed E-state index contributed by atoms with van der Waals surface area (Å²) in [5.74, 6) is 9.19. The van der Waals surface area contributed by atoms with E-state index in [2.05, 4.69) is 35.9 Å². The second kappa shape index (κ2) is 19.3. The smallest absolute Gasteiger partial charge is 0.248 e. The molecule has 0 fully saturated rings. The van der Waals surface area contributed by atoms with E-state index in [9.17, 15) is 0 Å². The van der Waals surface area contributed by atoms with Gasteiger partial charge in [-0.05, 0) is 85.6 Å². The first-order chi connectivity index (χ1) is 21.7. The molecule has 0 aliphatic rings. The average Bonchev–Trinajstić information content (AvgIpc) is 3.56. The molecule has 4 rings (SSSR count). The first-order valence-corrected chi connectivity index (χ1v) is 16.7. The summed E-state index contributed by atoms with van der Waals surface area (Å²) < 4.78 is 17.8. The van der Waals surface area contributed by atoms with Gasteiger partial charge in [0.25, 0.3) is 0 Å². The van der Waals surface area contributed by atoms with Crippen molar-refractivity contribution in [3.8, 4) is 46.2 Å². The maximum atomic E-state index is 5.98. The molecule has 0 saturated heterocycles. The van der Waals surface area contributed by atoms with Gasteiger partial charge in [0.1, 0.15) is 11.5 Å². The summed E-state index contributed by atoms with van der Waals surface area (Å²) in [7, 11) is 0. The molecule has 0 radical (unpaired) electrons. The zero-order valence-electron chi connectivity index (χ0n) is 26.7. The predicted molar refractivity (Wildman–Crippen MR) is 180 cm³/mol. The van der Waals surface area contributed by atoms with Crippen molar-refractivity contribution in [1.29, 1.82) is 0 Å². The fraction of sp³-hybridized carbons (Fsp3) is 0.436. The first-order valence-electron chi connectivity index (χ1n) is 16.7. The minimum Gasteiger partial charge on any atom is -0.494 e. The highest BCUT2D eigenvalue weighted by molar-refractivity contribution is 5.59. The largest absolute Gasteiger partial charge is 0.494 e. The molecule has 0 spiro atoms. The quantitative estimate of drug-likeness (QED) is 0.0801. The molecule has 0 atom stereocenters. The molecular formula is C39H48N2O3. The van der Waals surface area contributed by atoms with E-state index in [1.165, 1.54) is 70.6 Å². The van der Waals surface area contributed by atoms with E-state index < -0.39 is 0 Å². The Kier molecular flexibility index (Phi) is 14.4. The normalized spacial score (nSPS) is 10.8. The molecule has 0 unspecified atom stereocenters. The van der Waals surface area contributed by atoms with Gasteiger partial charge >= 0.3 is 0 Å². The number of benzene rings is 3. The summed E-state index contributed by atoms with van der Waals surface area (Å²) >= 11 is 0. The zero-order chi connectivity index (χ0) is 30.7. The van der Waals surface area contributed by atoms with Crippen molar-refractivity contribution in [2.24, 2.45) is 0 Å². The van der Waals surface area contributed by atoms with Crippen LogP contribution in [0.15, 0.2) is 77.2 Å². The predicted octanol–water partition coefficient (Wildman–Crippen LogP) is 10.7. The number of hydrogen-bond donors (Lipinski definition) is 0. The molecule has 0 amide bonds. The lowest BCUT2D eigenvalue weighted by atomic mass is 10.1. The minimum absolute atomic E-state index is 0.482. The van der Waals surface area contributed by atoms with Gasteiger partial charge in [0, 0.05) is 22.3 Å². The van der Waals surface area contributed by atoms with Crippen LogP contribution in [0.2, 0.25) is 0 Å². The summed E-state index contributed by atoms with van der Waals surface area (Å²) in [6.07, 6.45) is 16.5. The third kappa shape index (κ3) is 11.6. The van der Waals surface area contributed by atoms with Crippen LogP contribution in [0.5, 0.6) is 11.5 Å². The van der Waals surface area contributed by atoms with Gasteiger partial charge in [-0.15, -0.1) is 10.2 Å². The molecule has 5 heteroatoms. The maximum absolute atomic E-state index is 5.98. The van der Waals surface area contributed by atoms with Crippen LogP contribution < -0.4 is 9.47 Å². The summed E-state index contributed by atoms with van der Waals surface area (Å²) in [5.41, 5.74) is 3.60. The Bertz CT molecular complexity index is 1400. The van der Waals surface area contributed by atoms with Crippen LogP contribution in [0.1, 0.15) is 108 Å². The zero-order valence-corrected chi connectivity index (χ0v) is 26.7. The van der Waals surface area contributed by atoms with E-state index in [0.717, 1.165) is 59.8 Å². The van der Waals surface area contributed by atoms with Crippen LogP contribution in [0.4, 0.5) is 0 Å². The van der Waals surface area contributed by atoms with E-state index in [1.54, 1.807) is 0 Å². The van der Waals surface area contributed by atoms with E-state index in [4.69, 9.17) is 13.9 Å². The van der Waals surface area contributed by atoms with Crippen LogP contribution in [0, 0.1) is 11.8 Å². The van der Waals surface area contributed by atoms with Crippen molar-refractivity contribution in [3.05, 3.63) is 83.9 Å². The monoisotopic (exact) mass is 592 g/mol. The standard InChI is InChI=1S/C39H48N2O3/c1-3-5-7-9-10-11-13-15-31-43-37-28-24-35(25-29-37)39-41-40-38(44-39)34-22-18-32(19-23-34)16-17-33-20-26-36(27-21-33)42-30-14-12-8-6-4-2/h18-29H,3-15,30-31H2,1-2H3. The highest BCUT2D eigenvalue weighted by atomic mass is 16.5. The summed E-state index contributed by atoms with van der Waals surface area (Å²) in [4.78, 5) is 0. The van der Waals surface area contributed by atoms with Crippen LogP contribution >= 0.6 is 0 Å². The summed E-state index contributed by atoms with van der Waals surface area (Å²) in [5, 5.41) is 8.52. The molecule has 44 heavy (non-hydrogen) atoms. The lowest BCUT2D eigenvalue weighted by molar-refractivity contribution is 0.304. The Labute approximate surface area is 264 Å². The molecule has 0 N–H and O–H groups in total. The number of unbranched alkanes of at least 4 members (excludes halogenated alkanes) is 11. The van der Waals surface area contributed by atoms with Crippen LogP contribution in [-0.2, 0) is 0 Å². The van der Waals surface area contributed by atoms with Gasteiger partial charge in [-0.1, -0.05) is 96.3 Å². The highest BCUT2D eigenvalue weighted by Crippen LogP contribution is 2.26. The fourth-order valence-electron chi connectivity index (χ4n) is 4.95. The first kappa shape index (κ1) is 32.9. The maximum Gasteiger partial charge on any atom is 0.248 e. The molecule has 0 aliphatic heterocycles. The molecule has 0 aliphatic carbocycles. The van der Waals surface area contributed by atoms with E-state index in [-0.39, 0.29) is 0 Å². The second-order valence-corrected chi connectivity index (χ2v) is 11.4. The molecular weight excluding hydrogens is 544 g/mol. The van der Waals surface area contributed by atoms with E-state index in [0.29, 0.717) is 11.8 Å². The molecule has 0 bridgehead atoms. The molecule has 1 heterocycles. The van der Waals surface area contributed by atoms with Crippen molar-refractivity contribution in [2.75, 3.05) is 13.2 Å². The molecule has 232 valence electrons. The highest BCUT2D eigenvalue weighted by Gasteiger charge is 2.11. The van der Waals surface area contributed by atoms with E-state index >= 15 is 0 Å². The van der Waals surface area contributed by atoms with Crippen molar-refractivity contribution in [3.63, 3.8) is 0 Å². The molecule has 4 aromatic rings. The van der Waals surface area contributed by atoms with Gasteiger partial charge in [0.2, 0.25) is 11.8 Å². The van der Waals surface area contributed by atoms with Crippen molar-refractivity contribution in [2.45, 2.75) is 97.3 Å². The number of hydrogen-bond acceptors (Lipinski definition) is 5. The molecule has 5 nitrogen and oxygen atoms in total.